The molecule has 20 heavy (non-hydrogen) atoms. The maximum Gasteiger partial charge on any atom is 0.317 e. The minimum absolute atomic E-state index is 0.0281. The lowest BCUT2D eigenvalue weighted by atomic mass is 9.99. The summed E-state index contributed by atoms with van der Waals surface area (Å²) in [4.78, 5) is 27.1. The van der Waals surface area contributed by atoms with Crippen LogP contribution >= 0.6 is 0 Å². The molecule has 0 spiro atoms. The van der Waals surface area contributed by atoms with E-state index in [1.54, 1.807) is 4.90 Å². The van der Waals surface area contributed by atoms with Gasteiger partial charge in [0.25, 0.3) is 0 Å². The van der Waals surface area contributed by atoms with Gasteiger partial charge in [-0.25, -0.2) is 4.79 Å². The number of carbonyl (C=O) groups excluding carboxylic acids is 1. The molecule has 2 heterocycles. The Balaban J connectivity index is 1.75. The summed E-state index contributed by atoms with van der Waals surface area (Å²) in [5, 5.41) is 12.0. The first-order valence-electron chi connectivity index (χ1n) is 7.49. The summed E-state index contributed by atoms with van der Waals surface area (Å²) in [6.45, 7) is 8.82. The van der Waals surface area contributed by atoms with Crippen molar-refractivity contribution in [3.63, 3.8) is 0 Å². The minimum Gasteiger partial charge on any atom is -0.481 e. The number of carboxylic acid groups (broad SMARTS) is 1. The number of hydrogen-bond donors (Lipinski definition) is 2. The number of nitrogens with zero attached hydrogens (tertiary/aromatic N) is 2. The fourth-order valence-corrected chi connectivity index (χ4v) is 3.16. The van der Waals surface area contributed by atoms with Gasteiger partial charge in [0.15, 0.2) is 0 Å². The van der Waals surface area contributed by atoms with E-state index in [4.69, 9.17) is 5.11 Å². The van der Waals surface area contributed by atoms with Crippen molar-refractivity contribution < 1.29 is 14.7 Å². The third-order valence-electron chi connectivity index (χ3n) is 4.58. The van der Waals surface area contributed by atoms with Crippen molar-refractivity contribution in [3.8, 4) is 0 Å². The molecule has 0 aromatic heterocycles. The van der Waals surface area contributed by atoms with Crippen LogP contribution < -0.4 is 5.32 Å². The minimum atomic E-state index is -0.804. The van der Waals surface area contributed by atoms with Crippen LogP contribution in [-0.2, 0) is 4.79 Å². The Kier molecular flexibility index (Phi) is 4.86. The van der Waals surface area contributed by atoms with E-state index >= 15 is 0 Å². The summed E-state index contributed by atoms with van der Waals surface area (Å²) >= 11 is 0. The summed E-state index contributed by atoms with van der Waals surface area (Å²) in [6, 6.07) is -0.115. The van der Waals surface area contributed by atoms with Crippen molar-refractivity contribution >= 4 is 12.0 Å². The topological polar surface area (TPSA) is 72.9 Å². The van der Waals surface area contributed by atoms with Gasteiger partial charge >= 0.3 is 12.0 Å². The van der Waals surface area contributed by atoms with Gasteiger partial charge in [0.05, 0.1) is 5.92 Å². The van der Waals surface area contributed by atoms with E-state index in [0.29, 0.717) is 25.6 Å². The first-order chi connectivity index (χ1) is 9.51. The van der Waals surface area contributed by atoms with E-state index in [0.717, 1.165) is 26.1 Å². The second kappa shape index (κ2) is 6.43. The third-order valence-corrected chi connectivity index (χ3v) is 4.58. The largest absolute Gasteiger partial charge is 0.481 e. The lowest BCUT2D eigenvalue weighted by Gasteiger charge is -2.19. The van der Waals surface area contributed by atoms with E-state index in [1.807, 2.05) is 6.92 Å². The van der Waals surface area contributed by atoms with Gasteiger partial charge in [-0.15, -0.1) is 0 Å². The average Bonchev–Trinajstić information content (AvgIpc) is 3.02. The van der Waals surface area contributed by atoms with E-state index in [1.165, 1.54) is 0 Å². The molecule has 6 nitrogen and oxygen atoms in total. The Morgan fingerprint density at radius 2 is 2.05 bits per heavy atom. The van der Waals surface area contributed by atoms with Crippen molar-refractivity contribution in [2.75, 3.05) is 39.3 Å². The van der Waals surface area contributed by atoms with Gasteiger partial charge in [0.2, 0.25) is 0 Å². The lowest BCUT2D eigenvalue weighted by molar-refractivity contribution is -0.142. The molecule has 2 fully saturated rings. The molecule has 0 radical (unpaired) electrons. The Bertz CT molecular complexity index is 375. The number of carbonyl (C=O) groups is 2. The zero-order chi connectivity index (χ0) is 14.7. The summed E-state index contributed by atoms with van der Waals surface area (Å²) < 4.78 is 0. The quantitative estimate of drug-likeness (QED) is 0.796. The maximum absolute atomic E-state index is 12.1. The van der Waals surface area contributed by atoms with Crippen molar-refractivity contribution in [3.05, 3.63) is 0 Å². The second-order valence-corrected chi connectivity index (χ2v) is 6.06. The zero-order valence-electron chi connectivity index (χ0n) is 12.3. The standard InChI is InChI=1S/C14H25N3O3/c1-3-16-5-4-11(8-16)6-15-14(20)17-7-10(2)12(9-17)13(18)19/h10-12H,3-9H2,1-2H3,(H,15,20)(H,18,19). The van der Waals surface area contributed by atoms with Crippen LogP contribution in [0.3, 0.4) is 0 Å². The first-order valence-corrected chi connectivity index (χ1v) is 7.49. The molecule has 2 amide bonds. The molecule has 2 N–H and O–H groups in total. The van der Waals surface area contributed by atoms with Crippen molar-refractivity contribution in [1.29, 1.82) is 0 Å². The monoisotopic (exact) mass is 283 g/mol. The third kappa shape index (κ3) is 3.42. The van der Waals surface area contributed by atoms with Gasteiger partial charge in [0.1, 0.15) is 0 Å². The predicted molar refractivity (Wildman–Crippen MR) is 75.5 cm³/mol. The van der Waals surface area contributed by atoms with E-state index in [-0.39, 0.29) is 11.9 Å². The Labute approximate surface area is 120 Å². The molecule has 0 saturated carbocycles. The van der Waals surface area contributed by atoms with E-state index < -0.39 is 11.9 Å². The number of hydrogen-bond acceptors (Lipinski definition) is 3. The van der Waals surface area contributed by atoms with Gasteiger partial charge in [0, 0.05) is 26.2 Å². The lowest BCUT2D eigenvalue weighted by Crippen LogP contribution is -2.41. The first kappa shape index (κ1) is 15.1. The molecule has 2 aliphatic rings. The molecule has 2 rings (SSSR count). The predicted octanol–water partition coefficient (Wildman–Crippen LogP) is 0.690. The maximum atomic E-state index is 12.1. The molecule has 3 atom stereocenters. The summed E-state index contributed by atoms with van der Waals surface area (Å²) in [5.74, 6) is -0.681. The summed E-state index contributed by atoms with van der Waals surface area (Å²) in [7, 11) is 0. The highest BCUT2D eigenvalue weighted by Crippen LogP contribution is 2.23. The number of likely N-dealkylation sites (tertiary alicyclic amines) is 2. The Hall–Kier alpha value is -1.30. The van der Waals surface area contributed by atoms with Crippen LogP contribution in [0, 0.1) is 17.8 Å². The van der Waals surface area contributed by atoms with Crippen molar-refractivity contribution in [2.45, 2.75) is 20.3 Å². The highest BCUT2D eigenvalue weighted by molar-refractivity contribution is 5.77. The molecule has 114 valence electrons. The Morgan fingerprint density at radius 3 is 2.60 bits per heavy atom. The molecule has 2 saturated heterocycles. The smallest absolute Gasteiger partial charge is 0.317 e. The van der Waals surface area contributed by atoms with Crippen LogP contribution in [0.5, 0.6) is 0 Å². The van der Waals surface area contributed by atoms with Crippen LogP contribution in [0.25, 0.3) is 0 Å². The van der Waals surface area contributed by atoms with Crippen LogP contribution in [0.4, 0.5) is 4.79 Å². The van der Waals surface area contributed by atoms with Crippen molar-refractivity contribution in [1.82, 2.24) is 15.1 Å². The molecule has 2 aliphatic heterocycles. The molecule has 0 aliphatic carbocycles. The number of aliphatic carboxylic acids is 1. The fourth-order valence-electron chi connectivity index (χ4n) is 3.16. The molecular weight excluding hydrogens is 258 g/mol. The van der Waals surface area contributed by atoms with Gasteiger partial charge in [-0.1, -0.05) is 13.8 Å². The van der Waals surface area contributed by atoms with Gasteiger partial charge in [-0.3, -0.25) is 4.79 Å². The summed E-state index contributed by atoms with van der Waals surface area (Å²) in [5.41, 5.74) is 0. The number of rotatable bonds is 4. The van der Waals surface area contributed by atoms with Crippen LogP contribution in [-0.4, -0.2) is 66.2 Å². The fraction of sp³-hybridized carbons (Fsp3) is 0.857. The van der Waals surface area contributed by atoms with Gasteiger partial charge < -0.3 is 20.2 Å². The number of carboxylic acids is 1. The number of urea groups is 1. The molecule has 0 aromatic carbocycles. The molecule has 0 bridgehead atoms. The highest BCUT2D eigenvalue weighted by atomic mass is 16.4. The highest BCUT2D eigenvalue weighted by Gasteiger charge is 2.37. The Morgan fingerprint density at radius 1 is 1.30 bits per heavy atom. The zero-order valence-corrected chi connectivity index (χ0v) is 12.3. The average molecular weight is 283 g/mol. The molecular formula is C14H25N3O3. The van der Waals surface area contributed by atoms with Gasteiger partial charge in [-0.05, 0) is 31.3 Å². The molecule has 0 aromatic rings. The number of nitrogens with one attached hydrogen (secondary N) is 1. The SMILES string of the molecule is CCN1CCC(CNC(=O)N2CC(C)C(C(=O)O)C2)C1. The molecule has 3 unspecified atom stereocenters. The van der Waals surface area contributed by atoms with E-state index in [9.17, 15) is 9.59 Å². The van der Waals surface area contributed by atoms with Crippen molar-refractivity contribution in [2.24, 2.45) is 17.8 Å². The van der Waals surface area contributed by atoms with E-state index in [2.05, 4.69) is 17.1 Å². The number of amides is 2. The van der Waals surface area contributed by atoms with Crippen LogP contribution in [0.1, 0.15) is 20.3 Å². The van der Waals surface area contributed by atoms with Crippen LogP contribution in [0.15, 0.2) is 0 Å². The molecule has 6 heteroatoms. The van der Waals surface area contributed by atoms with Crippen LogP contribution in [0.2, 0.25) is 0 Å². The van der Waals surface area contributed by atoms with Gasteiger partial charge in [-0.2, -0.15) is 0 Å². The summed E-state index contributed by atoms with van der Waals surface area (Å²) in [6.07, 6.45) is 1.13. The normalized spacial score (nSPS) is 30.7. The second-order valence-electron chi connectivity index (χ2n) is 6.06.